The maximum Gasteiger partial charge on any atom is 0.263 e. The highest BCUT2D eigenvalue weighted by Gasteiger charge is 2.19. The molecule has 1 amide bonds. The van der Waals surface area contributed by atoms with E-state index in [1.165, 1.54) is 24.2 Å². The van der Waals surface area contributed by atoms with Crippen molar-refractivity contribution in [2.75, 3.05) is 30.4 Å². The van der Waals surface area contributed by atoms with Crippen LogP contribution in [-0.4, -0.2) is 25.3 Å². The van der Waals surface area contributed by atoms with Crippen LogP contribution in [0.15, 0.2) is 17.6 Å². The van der Waals surface area contributed by atoms with Crippen LogP contribution in [0.4, 0.5) is 10.7 Å². The number of amides is 1. The van der Waals surface area contributed by atoms with E-state index in [9.17, 15) is 4.79 Å². The molecule has 0 aromatic carbocycles. The Morgan fingerprint density at radius 1 is 1.50 bits per heavy atom. The first-order valence-corrected chi connectivity index (χ1v) is 8.79. The zero-order chi connectivity index (χ0) is 15.0. The Bertz CT molecular complexity index is 458. The van der Waals surface area contributed by atoms with E-state index in [1.807, 2.05) is 6.26 Å². The molecule has 1 rings (SSSR count). The lowest BCUT2D eigenvalue weighted by molar-refractivity contribution is 0.0963. The third kappa shape index (κ3) is 4.45. The molecular weight excluding hydrogens is 290 g/mol. The molecule has 112 valence electrons. The summed E-state index contributed by atoms with van der Waals surface area (Å²) in [7, 11) is 0. The number of carbonyl (C=O) groups excluding carboxylic acids is 1. The number of hydrogen-bond donors (Lipinski definition) is 3. The second-order valence-corrected chi connectivity index (χ2v) is 6.18. The van der Waals surface area contributed by atoms with Crippen LogP contribution in [0.1, 0.15) is 35.9 Å². The standard InChI is InChI=1S/C14H23N3OS2/c1-4-6-7-9-17-14-12(19-3)10(15)11(20-14)13(18)16-8-5-2/h5,17H,2,4,6-9,15H2,1,3H3,(H,16,18). The lowest BCUT2D eigenvalue weighted by Gasteiger charge is -2.05. The minimum Gasteiger partial charge on any atom is -0.396 e. The highest BCUT2D eigenvalue weighted by atomic mass is 32.2. The number of unbranched alkanes of at least 4 members (excludes halogenated alkanes) is 2. The van der Waals surface area contributed by atoms with Crippen molar-refractivity contribution in [3.63, 3.8) is 0 Å². The first kappa shape index (κ1) is 16.9. The Hall–Kier alpha value is -1.14. The molecule has 1 aromatic heterocycles. The smallest absolute Gasteiger partial charge is 0.263 e. The van der Waals surface area contributed by atoms with E-state index < -0.39 is 0 Å². The molecule has 0 aliphatic carbocycles. The lowest BCUT2D eigenvalue weighted by Crippen LogP contribution is -2.23. The Kier molecular flexibility index (Phi) is 7.54. The van der Waals surface area contributed by atoms with Gasteiger partial charge in [-0.1, -0.05) is 25.8 Å². The van der Waals surface area contributed by atoms with Crippen molar-refractivity contribution in [1.82, 2.24) is 5.32 Å². The van der Waals surface area contributed by atoms with E-state index in [0.717, 1.165) is 22.9 Å². The summed E-state index contributed by atoms with van der Waals surface area (Å²) in [5.41, 5.74) is 6.65. The average Bonchev–Trinajstić information content (AvgIpc) is 2.77. The number of nitrogens with two attached hydrogens (primary N) is 1. The van der Waals surface area contributed by atoms with Gasteiger partial charge in [-0.25, -0.2) is 0 Å². The number of rotatable bonds is 9. The van der Waals surface area contributed by atoms with Crippen LogP contribution >= 0.6 is 23.1 Å². The summed E-state index contributed by atoms with van der Waals surface area (Å²) in [6.45, 7) is 7.13. The highest BCUT2D eigenvalue weighted by molar-refractivity contribution is 7.99. The molecule has 0 aliphatic heterocycles. The third-order valence-electron chi connectivity index (χ3n) is 2.78. The van der Waals surface area contributed by atoms with E-state index in [2.05, 4.69) is 24.1 Å². The number of nitrogen functional groups attached to an aromatic ring is 1. The van der Waals surface area contributed by atoms with Crippen molar-refractivity contribution in [3.05, 3.63) is 17.5 Å². The maximum absolute atomic E-state index is 12.0. The quantitative estimate of drug-likeness (QED) is 0.370. The molecule has 0 spiro atoms. The fourth-order valence-corrected chi connectivity index (χ4v) is 3.72. The van der Waals surface area contributed by atoms with Gasteiger partial charge in [0.15, 0.2) is 0 Å². The Morgan fingerprint density at radius 3 is 2.85 bits per heavy atom. The van der Waals surface area contributed by atoms with Crippen LogP contribution in [0, 0.1) is 0 Å². The van der Waals surface area contributed by atoms with Crippen molar-refractivity contribution in [3.8, 4) is 0 Å². The molecule has 20 heavy (non-hydrogen) atoms. The fourth-order valence-electron chi connectivity index (χ4n) is 1.74. The van der Waals surface area contributed by atoms with Crippen molar-refractivity contribution < 1.29 is 4.79 Å². The van der Waals surface area contributed by atoms with Gasteiger partial charge >= 0.3 is 0 Å². The maximum atomic E-state index is 12.0. The number of carbonyl (C=O) groups is 1. The monoisotopic (exact) mass is 313 g/mol. The molecule has 0 atom stereocenters. The van der Waals surface area contributed by atoms with Crippen molar-refractivity contribution >= 4 is 39.7 Å². The molecular formula is C14H23N3OS2. The minimum atomic E-state index is -0.135. The average molecular weight is 313 g/mol. The normalized spacial score (nSPS) is 10.3. The van der Waals surface area contributed by atoms with Gasteiger partial charge in [0.25, 0.3) is 5.91 Å². The molecule has 0 bridgehead atoms. The molecule has 1 heterocycles. The van der Waals surface area contributed by atoms with Gasteiger partial charge in [0.2, 0.25) is 0 Å². The van der Waals surface area contributed by atoms with Gasteiger partial charge in [0.1, 0.15) is 9.88 Å². The van der Waals surface area contributed by atoms with Gasteiger partial charge in [-0.05, 0) is 12.7 Å². The van der Waals surface area contributed by atoms with Gasteiger partial charge in [-0.2, -0.15) is 0 Å². The molecule has 6 heteroatoms. The van der Waals surface area contributed by atoms with E-state index in [4.69, 9.17) is 5.73 Å². The SMILES string of the molecule is C=CCNC(=O)c1sc(NCCCCC)c(SC)c1N. The Labute approximate surface area is 129 Å². The van der Waals surface area contributed by atoms with Crippen LogP contribution in [0.25, 0.3) is 0 Å². The van der Waals surface area contributed by atoms with E-state index in [0.29, 0.717) is 17.1 Å². The zero-order valence-corrected chi connectivity index (χ0v) is 13.8. The second-order valence-electron chi connectivity index (χ2n) is 4.34. The van der Waals surface area contributed by atoms with Crippen molar-refractivity contribution in [2.45, 2.75) is 31.1 Å². The molecule has 1 aromatic rings. The molecule has 4 nitrogen and oxygen atoms in total. The number of thioether (sulfide) groups is 1. The third-order valence-corrected chi connectivity index (χ3v) is 4.91. The molecule has 0 saturated carbocycles. The van der Waals surface area contributed by atoms with E-state index >= 15 is 0 Å². The van der Waals surface area contributed by atoms with Crippen LogP contribution < -0.4 is 16.4 Å². The van der Waals surface area contributed by atoms with Crippen LogP contribution in [0.3, 0.4) is 0 Å². The van der Waals surface area contributed by atoms with Gasteiger partial charge in [-0.15, -0.1) is 29.7 Å². The molecule has 0 unspecified atom stereocenters. The van der Waals surface area contributed by atoms with Gasteiger partial charge in [0.05, 0.1) is 10.6 Å². The topological polar surface area (TPSA) is 67.2 Å². The van der Waals surface area contributed by atoms with E-state index in [1.54, 1.807) is 17.8 Å². The molecule has 0 saturated heterocycles. The molecule has 4 N–H and O–H groups in total. The Balaban J connectivity index is 2.79. The Morgan fingerprint density at radius 2 is 2.25 bits per heavy atom. The number of thiophene rings is 1. The van der Waals surface area contributed by atoms with Gasteiger partial charge in [-0.3, -0.25) is 4.79 Å². The first-order chi connectivity index (χ1) is 9.65. The largest absolute Gasteiger partial charge is 0.396 e. The fraction of sp³-hybridized carbons (Fsp3) is 0.500. The highest BCUT2D eigenvalue weighted by Crippen LogP contribution is 2.41. The number of hydrogen-bond acceptors (Lipinski definition) is 5. The molecule has 0 aliphatic rings. The summed E-state index contributed by atoms with van der Waals surface area (Å²) in [5.74, 6) is -0.135. The van der Waals surface area contributed by atoms with Crippen molar-refractivity contribution in [2.24, 2.45) is 0 Å². The lowest BCUT2D eigenvalue weighted by atomic mass is 10.2. The second kappa shape index (κ2) is 8.92. The molecule has 0 fully saturated rings. The predicted octanol–water partition coefficient (Wildman–Crippen LogP) is 3.57. The molecule has 0 radical (unpaired) electrons. The van der Waals surface area contributed by atoms with E-state index in [-0.39, 0.29) is 5.91 Å². The van der Waals surface area contributed by atoms with Crippen LogP contribution in [-0.2, 0) is 0 Å². The number of anilines is 2. The van der Waals surface area contributed by atoms with Gasteiger partial charge < -0.3 is 16.4 Å². The predicted molar refractivity (Wildman–Crippen MR) is 91.1 cm³/mol. The summed E-state index contributed by atoms with van der Waals surface area (Å²) in [6.07, 6.45) is 7.15. The minimum absolute atomic E-state index is 0.135. The van der Waals surface area contributed by atoms with Crippen LogP contribution in [0.2, 0.25) is 0 Å². The summed E-state index contributed by atoms with van der Waals surface area (Å²) < 4.78 is 0. The summed E-state index contributed by atoms with van der Waals surface area (Å²) in [5, 5.41) is 7.15. The van der Waals surface area contributed by atoms with Crippen LogP contribution in [0.5, 0.6) is 0 Å². The summed E-state index contributed by atoms with van der Waals surface area (Å²) in [4.78, 5) is 13.6. The first-order valence-electron chi connectivity index (χ1n) is 6.74. The zero-order valence-electron chi connectivity index (χ0n) is 12.1. The summed E-state index contributed by atoms with van der Waals surface area (Å²) in [6, 6.07) is 0. The summed E-state index contributed by atoms with van der Waals surface area (Å²) >= 11 is 2.99. The van der Waals surface area contributed by atoms with Crippen molar-refractivity contribution in [1.29, 1.82) is 0 Å². The number of nitrogens with one attached hydrogen (secondary N) is 2. The van der Waals surface area contributed by atoms with Gasteiger partial charge in [0, 0.05) is 13.1 Å².